The molecule has 0 spiro atoms. The van der Waals surface area contributed by atoms with Gasteiger partial charge in [-0.3, -0.25) is 4.79 Å². The number of carbonyl (C=O) groups excluding carboxylic acids is 1. The molecular formula is C13H20LiO3P. The second kappa shape index (κ2) is 8.59. The zero-order chi connectivity index (χ0) is 12.8. The molecule has 0 heterocycles. The van der Waals surface area contributed by atoms with Crippen molar-refractivity contribution >= 4 is 33.9 Å². The molecule has 2 unspecified atom stereocenters. The molecule has 0 radical (unpaired) electrons. The third-order valence-electron chi connectivity index (χ3n) is 2.53. The summed E-state index contributed by atoms with van der Waals surface area (Å²) in [5, 5.41) is 0. The average Bonchev–Trinajstić information content (AvgIpc) is 2.34. The zero-order valence-electron chi connectivity index (χ0n) is 10.5. The van der Waals surface area contributed by atoms with Crippen molar-refractivity contribution in [2.75, 3.05) is 14.2 Å². The molecule has 0 aliphatic rings. The predicted molar refractivity (Wildman–Crippen MR) is 79.4 cm³/mol. The fourth-order valence-corrected chi connectivity index (χ4v) is 1.78. The van der Waals surface area contributed by atoms with E-state index in [9.17, 15) is 4.79 Å². The molecule has 0 saturated carbocycles. The minimum atomic E-state index is 0. The van der Waals surface area contributed by atoms with Crippen LogP contribution in [-0.2, 0) is 0 Å². The number of carbonyl (C=O) groups is 1. The van der Waals surface area contributed by atoms with Crippen LogP contribution in [-0.4, -0.2) is 44.5 Å². The molecule has 18 heavy (non-hydrogen) atoms. The molecule has 1 rings (SSSR count). The second-order valence-corrected chi connectivity index (χ2v) is 5.11. The van der Waals surface area contributed by atoms with Gasteiger partial charge < -0.3 is 9.47 Å². The molecule has 0 fully saturated rings. The van der Waals surface area contributed by atoms with E-state index in [0.717, 1.165) is 6.42 Å². The second-order valence-electron chi connectivity index (χ2n) is 3.98. The van der Waals surface area contributed by atoms with E-state index in [1.165, 1.54) is 0 Å². The van der Waals surface area contributed by atoms with Crippen molar-refractivity contribution in [3.05, 3.63) is 23.8 Å². The van der Waals surface area contributed by atoms with Gasteiger partial charge in [-0.25, -0.2) is 0 Å². The Morgan fingerprint density at radius 3 is 2.17 bits per heavy atom. The van der Waals surface area contributed by atoms with Crippen LogP contribution in [0, 0.1) is 0 Å². The van der Waals surface area contributed by atoms with Crippen molar-refractivity contribution in [1.29, 1.82) is 0 Å². The molecule has 0 N–H and O–H groups in total. The number of benzene rings is 1. The van der Waals surface area contributed by atoms with Crippen LogP contribution in [0.25, 0.3) is 0 Å². The molecule has 0 bridgehead atoms. The van der Waals surface area contributed by atoms with E-state index in [1.54, 1.807) is 26.4 Å². The Morgan fingerprint density at radius 1 is 1.28 bits per heavy atom. The fourth-order valence-electron chi connectivity index (χ4n) is 1.61. The Hall–Kier alpha value is -0.483. The monoisotopic (exact) mass is 262 g/mol. The summed E-state index contributed by atoms with van der Waals surface area (Å²) in [6.07, 6.45) is 1.34. The first kappa shape index (κ1) is 17.5. The van der Waals surface area contributed by atoms with Gasteiger partial charge in [0.05, 0.1) is 14.2 Å². The van der Waals surface area contributed by atoms with Crippen molar-refractivity contribution in [3.8, 4) is 11.5 Å². The van der Waals surface area contributed by atoms with E-state index < -0.39 is 0 Å². The van der Waals surface area contributed by atoms with Gasteiger partial charge in [0, 0.05) is 6.42 Å². The first-order valence-corrected chi connectivity index (χ1v) is 6.26. The van der Waals surface area contributed by atoms with E-state index in [1.807, 2.05) is 6.07 Å². The molecule has 0 saturated heterocycles. The normalized spacial score (nSPS) is 11.3. The molecule has 0 amide bonds. The number of methoxy groups -OCH3 is 2. The third kappa shape index (κ3) is 4.65. The van der Waals surface area contributed by atoms with Crippen molar-refractivity contribution in [1.82, 2.24) is 0 Å². The number of rotatable bonds is 6. The summed E-state index contributed by atoms with van der Waals surface area (Å²) >= 11 is 0. The molecule has 1 aromatic rings. The molecule has 0 aliphatic heterocycles. The van der Waals surface area contributed by atoms with Gasteiger partial charge in [-0.1, -0.05) is 13.0 Å². The van der Waals surface area contributed by atoms with E-state index in [-0.39, 0.29) is 24.6 Å². The van der Waals surface area contributed by atoms with Crippen LogP contribution < -0.4 is 9.47 Å². The maximum absolute atomic E-state index is 12.1. The van der Waals surface area contributed by atoms with Gasteiger partial charge >= 0.3 is 18.9 Å². The predicted octanol–water partition coefficient (Wildman–Crippen LogP) is 2.28. The topological polar surface area (TPSA) is 35.5 Å². The first-order valence-electron chi connectivity index (χ1n) is 5.60. The van der Waals surface area contributed by atoms with Gasteiger partial charge in [0.2, 0.25) is 0 Å². The van der Waals surface area contributed by atoms with Gasteiger partial charge in [-0.05, 0) is 24.2 Å². The quantitative estimate of drug-likeness (QED) is 0.448. The van der Waals surface area contributed by atoms with Crippen LogP contribution in [0.15, 0.2) is 18.2 Å². The van der Waals surface area contributed by atoms with Gasteiger partial charge in [-0.15, -0.1) is 9.24 Å². The first-order chi connectivity index (χ1) is 8.10. The van der Waals surface area contributed by atoms with Crippen LogP contribution in [0.5, 0.6) is 11.5 Å². The summed E-state index contributed by atoms with van der Waals surface area (Å²) in [5.41, 5.74) is 0.975. The molecule has 0 aromatic heterocycles. The van der Waals surface area contributed by atoms with Crippen LogP contribution >= 0.6 is 9.24 Å². The summed E-state index contributed by atoms with van der Waals surface area (Å²) in [4.78, 5) is 12.1. The number of ether oxygens (including phenoxy) is 2. The van der Waals surface area contributed by atoms with E-state index in [4.69, 9.17) is 9.47 Å². The molecule has 1 aromatic carbocycles. The standard InChI is InChI=1S/C13H19O3P.Li.H/c1-9(17)7-8-10(14)13-11(15-2)5-4-6-12(13)16-3;;/h4-6,9H,7-8,17H2,1-3H3;;. The van der Waals surface area contributed by atoms with Crippen molar-refractivity contribution in [3.63, 3.8) is 0 Å². The number of Topliss-reactive ketones (excluding diaryl/α,β-unsaturated/α-hetero) is 1. The van der Waals surface area contributed by atoms with Gasteiger partial charge in [0.25, 0.3) is 0 Å². The Bertz CT molecular complexity index is 372. The molecule has 5 heteroatoms. The van der Waals surface area contributed by atoms with Crippen molar-refractivity contribution in [2.24, 2.45) is 0 Å². The Kier molecular flexibility index (Phi) is 8.36. The number of ketones is 1. The van der Waals surface area contributed by atoms with Crippen LogP contribution in [0.3, 0.4) is 0 Å². The van der Waals surface area contributed by atoms with Crippen molar-refractivity contribution in [2.45, 2.75) is 25.4 Å². The average molecular weight is 262 g/mol. The molecule has 2 atom stereocenters. The number of hydrogen-bond acceptors (Lipinski definition) is 3. The molecular weight excluding hydrogens is 242 g/mol. The summed E-state index contributed by atoms with van der Waals surface area (Å²) < 4.78 is 10.4. The SMILES string of the molecule is COc1cccc(OC)c1C(=O)CCC(C)P.[LiH]. The zero-order valence-corrected chi connectivity index (χ0v) is 11.7. The van der Waals surface area contributed by atoms with E-state index in [0.29, 0.717) is 29.1 Å². The van der Waals surface area contributed by atoms with Gasteiger partial charge in [0.15, 0.2) is 5.78 Å². The van der Waals surface area contributed by atoms with E-state index >= 15 is 0 Å². The Morgan fingerprint density at radius 2 is 1.78 bits per heavy atom. The minimum absolute atomic E-state index is 0. The maximum atomic E-state index is 12.1. The Balaban J connectivity index is 0.00000289. The van der Waals surface area contributed by atoms with Crippen LogP contribution in [0.2, 0.25) is 0 Å². The summed E-state index contributed by atoms with van der Waals surface area (Å²) in [6, 6.07) is 5.37. The fraction of sp³-hybridized carbons (Fsp3) is 0.462. The molecule has 3 nitrogen and oxygen atoms in total. The van der Waals surface area contributed by atoms with Crippen LogP contribution in [0.1, 0.15) is 30.1 Å². The van der Waals surface area contributed by atoms with E-state index in [2.05, 4.69) is 16.2 Å². The molecule has 96 valence electrons. The summed E-state index contributed by atoms with van der Waals surface area (Å²) in [5.74, 6) is 1.21. The van der Waals surface area contributed by atoms with Gasteiger partial charge in [0.1, 0.15) is 17.1 Å². The third-order valence-corrected chi connectivity index (χ3v) is 2.87. The number of hydrogen-bond donors (Lipinski definition) is 0. The van der Waals surface area contributed by atoms with Gasteiger partial charge in [-0.2, -0.15) is 0 Å². The summed E-state index contributed by atoms with van der Waals surface area (Å²) in [6.45, 7) is 2.07. The Labute approximate surface area is 123 Å². The van der Waals surface area contributed by atoms with Crippen molar-refractivity contribution < 1.29 is 14.3 Å². The summed E-state index contributed by atoms with van der Waals surface area (Å²) in [7, 11) is 5.81. The van der Waals surface area contributed by atoms with Crippen LogP contribution in [0.4, 0.5) is 0 Å². The molecule has 0 aliphatic carbocycles.